The second kappa shape index (κ2) is 4.48. The molecule has 15 heavy (non-hydrogen) atoms. The van der Waals surface area contributed by atoms with Crippen LogP contribution < -0.4 is 10.6 Å². The van der Waals surface area contributed by atoms with Gasteiger partial charge in [-0.3, -0.25) is 0 Å². The van der Waals surface area contributed by atoms with Crippen molar-refractivity contribution in [3.8, 4) is 0 Å². The summed E-state index contributed by atoms with van der Waals surface area (Å²) in [6.07, 6.45) is 1.84. The van der Waals surface area contributed by atoms with Gasteiger partial charge in [-0.25, -0.2) is 9.59 Å². The van der Waals surface area contributed by atoms with E-state index in [1.54, 1.807) is 0 Å². The van der Waals surface area contributed by atoms with Crippen LogP contribution in [0.4, 0.5) is 4.79 Å². The molecule has 6 nitrogen and oxygen atoms in total. The molecule has 0 radical (unpaired) electrons. The zero-order valence-corrected chi connectivity index (χ0v) is 8.62. The topological polar surface area (TPSA) is 98.7 Å². The molecule has 1 atom stereocenters. The maximum atomic E-state index is 11.3. The van der Waals surface area contributed by atoms with Crippen molar-refractivity contribution < 1.29 is 19.8 Å². The van der Waals surface area contributed by atoms with Crippen LogP contribution in [0.1, 0.15) is 26.2 Å². The summed E-state index contributed by atoms with van der Waals surface area (Å²) in [4.78, 5) is 22.0. The second-order valence-electron chi connectivity index (χ2n) is 4.06. The highest BCUT2D eigenvalue weighted by Gasteiger charge is 2.39. The molecule has 0 aromatic carbocycles. The SMILES string of the molecule is CC1(NC(=O)NC(CCO)C(=O)O)CC1. The minimum atomic E-state index is -1.14. The second-order valence-corrected chi connectivity index (χ2v) is 4.06. The van der Waals surface area contributed by atoms with Crippen LogP contribution in [-0.2, 0) is 4.79 Å². The molecule has 1 rings (SSSR count). The average molecular weight is 216 g/mol. The maximum Gasteiger partial charge on any atom is 0.326 e. The van der Waals surface area contributed by atoms with Crippen LogP contribution in [-0.4, -0.2) is 40.4 Å². The van der Waals surface area contributed by atoms with Gasteiger partial charge >= 0.3 is 12.0 Å². The lowest BCUT2D eigenvalue weighted by molar-refractivity contribution is -0.139. The minimum Gasteiger partial charge on any atom is -0.480 e. The molecule has 0 bridgehead atoms. The van der Waals surface area contributed by atoms with Gasteiger partial charge in [-0.1, -0.05) is 0 Å². The first-order valence-electron chi connectivity index (χ1n) is 4.89. The van der Waals surface area contributed by atoms with E-state index in [1.807, 2.05) is 6.92 Å². The number of amides is 2. The summed E-state index contributed by atoms with van der Waals surface area (Å²) in [7, 11) is 0. The number of aliphatic hydroxyl groups excluding tert-OH is 1. The molecule has 0 heterocycles. The van der Waals surface area contributed by atoms with E-state index in [2.05, 4.69) is 10.6 Å². The van der Waals surface area contributed by atoms with Gasteiger partial charge < -0.3 is 20.8 Å². The smallest absolute Gasteiger partial charge is 0.326 e. The summed E-state index contributed by atoms with van der Waals surface area (Å²) in [5, 5.41) is 22.3. The van der Waals surface area contributed by atoms with Crippen LogP contribution in [0.25, 0.3) is 0 Å². The number of carboxylic acid groups (broad SMARTS) is 1. The molecule has 2 amide bonds. The third-order valence-electron chi connectivity index (χ3n) is 2.44. The van der Waals surface area contributed by atoms with Gasteiger partial charge in [0.2, 0.25) is 0 Å². The van der Waals surface area contributed by atoms with Crippen molar-refractivity contribution in [3.05, 3.63) is 0 Å². The molecule has 0 aromatic rings. The van der Waals surface area contributed by atoms with Gasteiger partial charge in [-0.15, -0.1) is 0 Å². The fourth-order valence-corrected chi connectivity index (χ4v) is 1.17. The highest BCUT2D eigenvalue weighted by atomic mass is 16.4. The number of rotatable bonds is 5. The summed E-state index contributed by atoms with van der Waals surface area (Å²) >= 11 is 0. The van der Waals surface area contributed by atoms with Crippen molar-refractivity contribution in [2.45, 2.75) is 37.8 Å². The summed E-state index contributed by atoms with van der Waals surface area (Å²) < 4.78 is 0. The van der Waals surface area contributed by atoms with Gasteiger partial charge in [-0.2, -0.15) is 0 Å². The normalized spacial score (nSPS) is 19.1. The van der Waals surface area contributed by atoms with E-state index in [0.717, 1.165) is 12.8 Å². The Kier molecular flexibility index (Phi) is 3.52. The Morgan fingerprint density at radius 3 is 2.47 bits per heavy atom. The Morgan fingerprint density at radius 2 is 2.07 bits per heavy atom. The number of carbonyl (C=O) groups is 2. The molecule has 0 aliphatic heterocycles. The van der Waals surface area contributed by atoms with Gasteiger partial charge in [-0.05, 0) is 19.8 Å². The predicted octanol–water partition coefficient (Wildman–Crippen LogP) is -0.326. The molecule has 0 spiro atoms. The zero-order chi connectivity index (χ0) is 11.5. The van der Waals surface area contributed by atoms with Crippen molar-refractivity contribution in [1.29, 1.82) is 0 Å². The van der Waals surface area contributed by atoms with Crippen molar-refractivity contribution in [1.82, 2.24) is 10.6 Å². The highest BCUT2D eigenvalue weighted by molar-refractivity contribution is 5.83. The van der Waals surface area contributed by atoms with Gasteiger partial charge in [0.05, 0.1) is 0 Å². The number of carbonyl (C=O) groups excluding carboxylic acids is 1. The van der Waals surface area contributed by atoms with Crippen LogP contribution in [0.5, 0.6) is 0 Å². The number of aliphatic carboxylic acids is 1. The van der Waals surface area contributed by atoms with Crippen molar-refractivity contribution in [2.75, 3.05) is 6.61 Å². The first kappa shape index (κ1) is 11.8. The van der Waals surface area contributed by atoms with Crippen LogP contribution in [0.15, 0.2) is 0 Å². The lowest BCUT2D eigenvalue weighted by atomic mass is 10.2. The number of urea groups is 1. The van der Waals surface area contributed by atoms with Crippen LogP contribution in [0.3, 0.4) is 0 Å². The highest BCUT2D eigenvalue weighted by Crippen LogP contribution is 2.33. The largest absolute Gasteiger partial charge is 0.480 e. The van der Waals surface area contributed by atoms with Gasteiger partial charge in [0.15, 0.2) is 0 Å². The number of nitrogens with one attached hydrogen (secondary N) is 2. The van der Waals surface area contributed by atoms with E-state index in [1.165, 1.54) is 0 Å². The fourth-order valence-electron chi connectivity index (χ4n) is 1.17. The van der Waals surface area contributed by atoms with Gasteiger partial charge in [0.1, 0.15) is 6.04 Å². The van der Waals surface area contributed by atoms with E-state index in [9.17, 15) is 9.59 Å². The lowest BCUT2D eigenvalue weighted by Crippen LogP contribution is -2.49. The molecular formula is C9H16N2O4. The molecule has 86 valence electrons. The minimum absolute atomic E-state index is 0.0134. The van der Waals surface area contributed by atoms with E-state index < -0.39 is 18.0 Å². The maximum absolute atomic E-state index is 11.3. The number of hydrogen-bond acceptors (Lipinski definition) is 3. The molecule has 1 fully saturated rings. The molecule has 4 N–H and O–H groups in total. The molecule has 1 saturated carbocycles. The first-order valence-corrected chi connectivity index (χ1v) is 4.89. The van der Waals surface area contributed by atoms with Crippen molar-refractivity contribution in [3.63, 3.8) is 0 Å². The number of aliphatic hydroxyl groups is 1. The number of hydrogen-bond donors (Lipinski definition) is 4. The number of carboxylic acids is 1. The average Bonchev–Trinajstić information content (AvgIpc) is 2.82. The van der Waals surface area contributed by atoms with Gasteiger partial charge in [0.25, 0.3) is 0 Å². The van der Waals surface area contributed by atoms with Crippen LogP contribution in [0.2, 0.25) is 0 Å². The monoisotopic (exact) mass is 216 g/mol. The quantitative estimate of drug-likeness (QED) is 0.506. The molecule has 1 aliphatic rings. The first-order chi connectivity index (χ1) is 6.97. The molecule has 1 aliphatic carbocycles. The van der Waals surface area contributed by atoms with E-state index in [-0.39, 0.29) is 18.6 Å². The van der Waals surface area contributed by atoms with Crippen molar-refractivity contribution >= 4 is 12.0 Å². The Labute approximate surface area is 87.7 Å². The molecule has 6 heteroatoms. The third-order valence-corrected chi connectivity index (χ3v) is 2.44. The summed E-state index contributed by atoms with van der Waals surface area (Å²) in [5.41, 5.74) is -0.174. The predicted molar refractivity (Wildman–Crippen MR) is 52.4 cm³/mol. The van der Waals surface area contributed by atoms with E-state index in [0.29, 0.717) is 0 Å². The molecule has 1 unspecified atom stereocenters. The molecule has 0 aromatic heterocycles. The zero-order valence-electron chi connectivity index (χ0n) is 8.62. The Hall–Kier alpha value is -1.30. The Balaban J connectivity index is 2.36. The summed E-state index contributed by atoms with van der Waals surface area (Å²) in [6.45, 7) is 1.63. The lowest BCUT2D eigenvalue weighted by Gasteiger charge is -2.16. The fraction of sp³-hybridized carbons (Fsp3) is 0.778. The van der Waals surface area contributed by atoms with E-state index in [4.69, 9.17) is 10.2 Å². The van der Waals surface area contributed by atoms with Crippen molar-refractivity contribution in [2.24, 2.45) is 0 Å². The Morgan fingerprint density at radius 1 is 1.47 bits per heavy atom. The molecular weight excluding hydrogens is 200 g/mol. The Bertz CT molecular complexity index is 263. The van der Waals surface area contributed by atoms with E-state index >= 15 is 0 Å². The summed E-state index contributed by atoms with van der Waals surface area (Å²) in [6, 6.07) is -1.52. The van der Waals surface area contributed by atoms with Crippen LogP contribution >= 0.6 is 0 Å². The van der Waals surface area contributed by atoms with Crippen LogP contribution in [0, 0.1) is 0 Å². The third kappa shape index (κ3) is 3.75. The standard InChI is InChI=1S/C9H16N2O4/c1-9(3-4-9)11-8(15)10-6(2-5-12)7(13)14/h6,12H,2-5H2,1H3,(H,13,14)(H2,10,11,15). The van der Waals surface area contributed by atoms with Gasteiger partial charge in [0, 0.05) is 18.6 Å². The summed E-state index contributed by atoms with van der Waals surface area (Å²) in [5.74, 6) is -1.14. The molecule has 0 saturated heterocycles.